The number of anilines is 1. The lowest BCUT2D eigenvalue weighted by Crippen LogP contribution is -2.32. The highest BCUT2D eigenvalue weighted by Crippen LogP contribution is 2.29. The van der Waals surface area contributed by atoms with Gasteiger partial charge in [-0.15, -0.1) is 0 Å². The molecule has 0 aliphatic heterocycles. The fourth-order valence-electron chi connectivity index (χ4n) is 2.83. The standard InChI is InChI=1S/C25H21Cl2N3O6/c1-3-35-22-12-15(4-11-21(22)36-25(33)16-5-8-18(34-2)9-6-16)14-28-30-24(32)23(31)29-20-13-17(26)7-10-19(20)27/h4-14H,3H2,1-2H3,(H,29,31)(H,30,32)/b28-14-. The molecule has 0 aliphatic rings. The molecule has 3 aromatic carbocycles. The third-order valence-electron chi connectivity index (χ3n) is 4.56. The van der Waals surface area contributed by atoms with E-state index in [9.17, 15) is 14.4 Å². The fourth-order valence-corrected chi connectivity index (χ4v) is 3.17. The van der Waals surface area contributed by atoms with E-state index in [4.69, 9.17) is 37.4 Å². The zero-order valence-corrected chi connectivity index (χ0v) is 20.7. The SMILES string of the molecule is CCOc1cc(/C=N\NC(=O)C(=O)Nc2cc(Cl)ccc2Cl)ccc1OC(=O)c1ccc(OC)cc1. The van der Waals surface area contributed by atoms with Crippen LogP contribution in [0.15, 0.2) is 65.8 Å². The number of halogens is 2. The number of hydrogen-bond donors (Lipinski definition) is 2. The van der Waals surface area contributed by atoms with Crippen molar-refractivity contribution in [2.24, 2.45) is 5.10 Å². The number of amides is 2. The first kappa shape index (κ1) is 26.5. The van der Waals surface area contributed by atoms with Crippen LogP contribution in [-0.4, -0.2) is 37.7 Å². The van der Waals surface area contributed by atoms with E-state index in [-0.39, 0.29) is 16.5 Å². The van der Waals surface area contributed by atoms with Gasteiger partial charge in [-0.05, 0) is 73.2 Å². The monoisotopic (exact) mass is 529 g/mol. The highest BCUT2D eigenvalue weighted by atomic mass is 35.5. The molecule has 0 fully saturated rings. The van der Waals surface area contributed by atoms with Gasteiger partial charge in [0, 0.05) is 5.02 Å². The van der Waals surface area contributed by atoms with Gasteiger partial charge >= 0.3 is 17.8 Å². The molecule has 0 aromatic heterocycles. The van der Waals surface area contributed by atoms with Gasteiger partial charge in [-0.3, -0.25) is 9.59 Å². The average Bonchev–Trinajstić information content (AvgIpc) is 2.87. The second kappa shape index (κ2) is 12.6. The van der Waals surface area contributed by atoms with Crippen LogP contribution in [0.25, 0.3) is 0 Å². The molecule has 0 saturated carbocycles. The van der Waals surface area contributed by atoms with E-state index in [1.807, 2.05) is 0 Å². The number of nitrogens with one attached hydrogen (secondary N) is 2. The molecule has 0 heterocycles. The minimum atomic E-state index is -1.02. The number of rotatable bonds is 8. The van der Waals surface area contributed by atoms with Gasteiger partial charge < -0.3 is 19.5 Å². The van der Waals surface area contributed by atoms with Crippen LogP contribution in [0.4, 0.5) is 5.69 Å². The van der Waals surface area contributed by atoms with E-state index < -0.39 is 17.8 Å². The molecular weight excluding hydrogens is 509 g/mol. The van der Waals surface area contributed by atoms with E-state index in [0.717, 1.165) is 0 Å². The number of nitrogens with zero attached hydrogens (tertiary/aromatic N) is 1. The first-order chi connectivity index (χ1) is 17.3. The van der Waals surface area contributed by atoms with Gasteiger partial charge in [0.2, 0.25) is 0 Å². The summed E-state index contributed by atoms with van der Waals surface area (Å²) in [7, 11) is 1.53. The summed E-state index contributed by atoms with van der Waals surface area (Å²) < 4.78 is 16.1. The molecule has 0 spiro atoms. The lowest BCUT2D eigenvalue weighted by molar-refractivity contribution is -0.136. The fraction of sp³-hybridized carbons (Fsp3) is 0.120. The maximum Gasteiger partial charge on any atom is 0.343 e. The molecule has 0 atom stereocenters. The predicted octanol–water partition coefficient (Wildman–Crippen LogP) is 4.71. The highest BCUT2D eigenvalue weighted by molar-refractivity contribution is 6.42. The minimum absolute atomic E-state index is 0.189. The summed E-state index contributed by atoms with van der Waals surface area (Å²) in [5.41, 5.74) is 3.16. The quantitative estimate of drug-likeness (QED) is 0.143. The summed E-state index contributed by atoms with van der Waals surface area (Å²) >= 11 is 11.8. The van der Waals surface area contributed by atoms with Crippen LogP contribution >= 0.6 is 23.2 Å². The lowest BCUT2D eigenvalue weighted by atomic mass is 10.2. The molecule has 0 aliphatic carbocycles. The molecule has 0 unspecified atom stereocenters. The van der Waals surface area contributed by atoms with E-state index >= 15 is 0 Å². The van der Waals surface area contributed by atoms with Gasteiger partial charge in [-0.25, -0.2) is 10.2 Å². The molecule has 0 bridgehead atoms. The van der Waals surface area contributed by atoms with E-state index in [2.05, 4.69) is 15.8 Å². The average molecular weight is 530 g/mol. The molecule has 2 amide bonds. The van der Waals surface area contributed by atoms with Crippen molar-refractivity contribution in [3.05, 3.63) is 81.8 Å². The summed E-state index contributed by atoms with van der Waals surface area (Å²) in [5, 5.41) is 6.70. The topological polar surface area (TPSA) is 115 Å². The zero-order chi connectivity index (χ0) is 26.1. The predicted molar refractivity (Wildman–Crippen MR) is 136 cm³/mol. The lowest BCUT2D eigenvalue weighted by Gasteiger charge is -2.11. The first-order valence-electron chi connectivity index (χ1n) is 10.5. The molecule has 0 radical (unpaired) electrons. The Morgan fingerprint density at radius 1 is 0.944 bits per heavy atom. The van der Waals surface area contributed by atoms with Crippen molar-refractivity contribution in [3.8, 4) is 17.2 Å². The number of benzene rings is 3. The summed E-state index contributed by atoms with van der Waals surface area (Å²) in [4.78, 5) is 36.6. The third kappa shape index (κ3) is 7.21. The largest absolute Gasteiger partial charge is 0.497 e. The van der Waals surface area contributed by atoms with Crippen LogP contribution in [0, 0.1) is 0 Å². The van der Waals surface area contributed by atoms with Gasteiger partial charge in [0.05, 0.1) is 36.2 Å². The number of carbonyl (C=O) groups is 3. The minimum Gasteiger partial charge on any atom is -0.497 e. The van der Waals surface area contributed by atoms with Crippen LogP contribution in [0.1, 0.15) is 22.8 Å². The van der Waals surface area contributed by atoms with Crippen molar-refractivity contribution >= 4 is 52.9 Å². The molecule has 11 heteroatoms. The number of carbonyl (C=O) groups excluding carboxylic acids is 3. The zero-order valence-electron chi connectivity index (χ0n) is 19.2. The number of esters is 1. The molecular formula is C25H21Cl2N3O6. The van der Waals surface area contributed by atoms with Crippen LogP contribution in [0.2, 0.25) is 10.0 Å². The van der Waals surface area contributed by atoms with Crippen LogP contribution in [0.3, 0.4) is 0 Å². The number of ether oxygens (including phenoxy) is 3. The molecule has 2 N–H and O–H groups in total. The van der Waals surface area contributed by atoms with Crippen molar-refractivity contribution in [1.29, 1.82) is 0 Å². The number of hydrazone groups is 1. The Kier molecular flexibility index (Phi) is 9.26. The number of methoxy groups -OCH3 is 1. The van der Waals surface area contributed by atoms with Crippen molar-refractivity contribution < 1.29 is 28.6 Å². The molecule has 3 rings (SSSR count). The summed E-state index contributed by atoms with van der Waals surface area (Å²) in [6, 6.07) is 15.6. The van der Waals surface area contributed by atoms with Crippen molar-refractivity contribution in [2.75, 3.05) is 19.0 Å². The van der Waals surface area contributed by atoms with Crippen molar-refractivity contribution in [3.63, 3.8) is 0 Å². The van der Waals surface area contributed by atoms with Gasteiger partial charge in [-0.2, -0.15) is 5.10 Å². The maximum absolute atomic E-state index is 12.5. The Morgan fingerprint density at radius 3 is 2.39 bits per heavy atom. The van der Waals surface area contributed by atoms with Gasteiger partial charge in [0.15, 0.2) is 11.5 Å². The van der Waals surface area contributed by atoms with Gasteiger partial charge in [-0.1, -0.05) is 23.2 Å². The summed E-state index contributed by atoms with van der Waals surface area (Å²) in [6.07, 6.45) is 1.30. The molecule has 0 saturated heterocycles. The van der Waals surface area contributed by atoms with Crippen molar-refractivity contribution in [1.82, 2.24) is 5.43 Å². The summed E-state index contributed by atoms with van der Waals surface area (Å²) in [5.74, 6) is -1.45. The third-order valence-corrected chi connectivity index (χ3v) is 5.12. The first-order valence-corrected chi connectivity index (χ1v) is 11.3. The second-order valence-corrected chi connectivity index (χ2v) is 7.88. The molecule has 186 valence electrons. The summed E-state index contributed by atoms with van der Waals surface area (Å²) in [6.45, 7) is 2.09. The van der Waals surface area contributed by atoms with Gasteiger partial charge in [0.25, 0.3) is 0 Å². The second-order valence-electron chi connectivity index (χ2n) is 7.03. The maximum atomic E-state index is 12.5. The Labute approximate surface area is 216 Å². The normalized spacial score (nSPS) is 10.6. The van der Waals surface area contributed by atoms with Crippen molar-refractivity contribution in [2.45, 2.75) is 6.92 Å². The van der Waals surface area contributed by atoms with Crippen LogP contribution in [-0.2, 0) is 9.59 Å². The van der Waals surface area contributed by atoms with Crippen LogP contribution in [0.5, 0.6) is 17.2 Å². The Morgan fingerprint density at radius 2 is 1.69 bits per heavy atom. The number of hydrogen-bond acceptors (Lipinski definition) is 7. The van der Waals surface area contributed by atoms with Gasteiger partial charge in [0.1, 0.15) is 5.75 Å². The Balaban J connectivity index is 1.64. The van der Waals surface area contributed by atoms with E-state index in [1.165, 1.54) is 31.5 Å². The Bertz CT molecular complexity index is 1300. The van der Waals surface area contributed by atoms with E-state index in [1.54, 1.807) is 49.4 Å². The molecule has 36 heavy (non-hydrogen) atoms. The van der Waals surface area contributed by atoms with Crippen LogP contribution < -0.4 is 25.0 Å². The molecule has 9 nitrogen and oxygen atoms in total. The Hall–Kier alpha value is -4.08. The van der Waals surface area contributed by atoms with E-state index in [0.29, 0.717) is 34.3 Å². The molecule has 3 aromatic rings. The highest BCUT2D eigenvalue weighted by Gasteiger charge is 2.16. The smallest absolute Gasteiger partial charge is 0.343 e.